The van der Waals surface area contributed by atoms with Crippen molar-refractivity contribution in [1.29, 1.82) is 0 Å². The summed E-state index contributed by atoms with van der Waals surface area (Å²) in [4.78, 5) is 27.5. The number of methoxy groups -OCH3 is 2. The smallest absolute Gasteiger partial charge is 0.256 e. The summed E-state index contributed by atoms with van der Waals surface area (Å²) in [5.41, 5.74) is 3.82. The molecule has 9 heteroatoms. The minimum atomic E-state index is -1.08. The minimum Gasteiger partial charge on any atom is -0.493 e. The predicted octanol–water partition coefficient (Wildman–Crippen LogP) is 3.96. The van der Waals surface area contributed by atoms with Crippen molar-refractivity contribution in [3.05, 3.63) is 47.2 Å². The number of halogens is 1. The van der Waals surface area contributed by atoms with Crippen LogP contribution in [0.1, 0.15) is 42.6 Å². The van der Waals surface area contributed by atoms with E-state index in [2.05, 4.69) is 10.4 Å². The molecule has 1 atom stereocenters. The Morgan fingerprint density at radius 1 is 1.21 bits per heavy atom. The van der Waals surface area contributed by atoms with Crippen molar-refractivity contribution in [2.24, 2.45) is 0 Å². The summed E-state index contributed by atoms with van der Waals surface area (Å²) in [5.74, 6) is 0.915. The first kappa shape index (κ1) is 23.5. The molecule has 1 unspecified atom stereocenters. The van der Waals surface area contributed by atoms with Gasteiger partial charge < -0.3 is 19.7 Å². The number of anilines is 1. The third-order valence-electron chi connectivity index (χ3n) is 6.18. The molecular formula is C25H29FN4O4. The molecule has 2 aliphatic carbocycles. The fourth-order valence-corrected chi connectivity index (χ4v) is 4.43. The van der Waals surface area contributed by atoms with Gasteiger partial charge in [-0.1, -0.05) is 12.2 Å². The van der Waals surface area contributed by atoms with Crippen LogP contribution in [0.2, 0.25) is 0 Å². The zero-order valence-electron chi connectivity index (χ0n) is 19.9. The SMILES string of the molecule is CCN(CC)C(=O)CC(=O)n1nc(NC2=CC=CC(F)C2)c2c1-c1cc(OC)c(OC)cc1C2. The zero-order chi connectivity index (χ0) is 24.4. The Hall–Kier alpha value is -3.62. The van der Waals surface area contributed by atoms with Crippen molar-refractivity contribution >= 4 is 17.6 Å². The number of ether oxygens (including phenoxy) is 2. The highest BCUT2D eigenvalue weighted by Gasteiger charge is 2.33. The highest BCUT2D eigenvalue weighted by atomic mass is 19.1. The summed E-state index contributed by atoms with van der Waals surface area (Å²) >= 11 is 0. The van der Waals surface area contributed by atoms with E-state index in [-0.39, 0.29) is 18.7 Å². The normalized spacial score (nSPS) is 15.9. The van der Waals surface area contributed by atoms with E-state index < -0.39 is 12.1 Å². The van der Waals surface area contributed by atoms with Crippen LogP contribution in [0.4, 0.5) is 10.2 Å². The molecule has 1 aromatic heterocycles. The van der Waals surface area contributed by atoms with Gasteiger partial charge in [-0.25, -0.2) is 4.39 Å². The Kier molecular flexibility index (Phi) is 6.72. The van der Waals surface area contributed by atoms with E-state index in [4.69, 9.17) is 9.47 Å². The number of allylic oxidation sites excluding steroid dienone is 4. The van der Waals surface area contributed by atoms with Gasteiger partial charge in [0.2, 0.25) is 5.91 Å². The van der Waals surface area contributed by atoms with E-state index in [0.717, 1.165) is 16.7 Å². The molecule has 0 radical (unpaired) electrons. The van der Waals surface area contributed by atoms with Gasteiger partial charge in [-0.3, -0.25) is 9.59 Å². The van der Waals surface area contributed by atoms with Crippen molar-refractivity contribution in [2.45, 2.75) is 39.3 Å². The molecule has 0 fully saturated rings. The van der Waals surface area contributed by atoms with Crippen molar-refractivity contribution in [3.8, 4) is 22.8 Å². The van der Waals surface area contributed by atoms with E-state index in [0.29, 0.717) is 48.2 Å². The Balaban J connectivity index is 1.76. The largest absolute Gasteiger partial charge is 0.493 e. The maximum Gasteiger partial charge on any atom is 0.256 e. The first-order valence-corrected chi connectivity index (χ1v) is 11.4. The van der Waals surface area contributed by atoms with Crippen molar-refractivity contribution < 1.29 is 23.5 Å². The van der Waals surface area contributed by atoms with E-state index in [9.17, 15) is 14.0 Å². The third-order valence-corrected chi connectivity index (χ3v) is 6.18. The van der Waals surface area contributed by atoms with E-state index >= 15 is 0 Å². The molecule has 0 bridgehead atoms. The summed E-state index contributed by atoms with van der Waals surface area (Å²) < 4.78 is 26.1. The molecule has 2 aromatic rings. The van der Waals surface area contributed by atoms with Crippen LogP contribution >= 0.6 is 0 Å². The lowest BCUT2D eigenvalue weighted by Crippen LogP contribution is -2.33. The number of benzene rings is 1. The number of nitrogens with one attached hydrogen (secondary N) is 1. The third kappa shape index (κ3) is 4.30. The Bertz CT molecular complexity index is 1180. The van der Waals surface area contributed by atoms with E-state index in [1.54, 1.807) is 31.3 Å². The molecule has 4 rings (SSSR count). The number of aromatic nitrogens is 2. The highest BCUT2D eigenvalue weighted by Crippen LogP contribution is 2.45. The number of hydrogen-bond donors (Lipinski definition) is 1. The number of amides is 1. The number of nitrogens with zero attached hydrogens (tertiary/aromatic N) is 3. The lowest BCUT2D eigenvalue weighted by Gasteiger charge is -2.18. The van der Waals surface area contributed by atoms with Crippen LogP contribution in [-0.4, -0.2) is 60.0 Å². The molecule has 0 spiro atoms. The van der Waals surface area contributed by atoms with Crippen LogP contribution in [0.25, 0.3) is 11.3 Å². The van der Waals surface area contributed by atoms with Crippen molar-refractivity contribution in [3.63, 3.8) is 0 Å². The number of carbonyl (C=O) groups is 2. The second-order valence-corrected chi connectivity index (χ2v) is 8.19. The topological polar surface area (TPSA) is 85.7 Å². The molecule has 8 nitrogen and oxygen atoms in total. The molecule has 0 saturated carbocycles. The van der Waals surface area contributed by atoms with Crippen molar-refractivity contribution in [2.75, 3.05) is 32.6 Å². The summed E-state index contributed by atoms with van der Waals surface area (Å²) in [6, 6.07) is 3.70. The average molecular weight is 469 g/mol. The molecule has 1 N–H and O–H groups in total. The lowest BCUT2D eigenvalue weighted by molar-refractivity contribution is -0.129. The van der Waals surface area contributed by atoms with E-state index in [1.807, 2.05) is 26.0 Å². The fourth-order valence-electron chi connectivity index (χ4n) is 4.43. The second kappa shape index (κ2) is 9.70. The van der Waals surface area contributed by atoms with Crippen molar-refractivity contribution in [1.82, 2.24) is 14.7 Å². The number of alkyl halides is 1. The number of hydrogen-bond acceptors (Lipinski definition) is 6. The fraction of sp³-hybridized carbons (Fsp3) is 0.400. The maximum atomic E-state index is 13.9. The van der Waals surface area contributed by atoms with Crippen LogP contribution in [-0.2, 0) is 11.2 Å². The van der Waals surface area contributed by atoms with Gasteiger partial charge in [-0.05, 0) is 37.6 Å². The van der Waals surface area contributed by atoms with Crippen LogP contribution in [0, 0.1) is 0 Å². The Morgan fingerprint density at radius 3 is 2.56 bits per heavy atom. The van der Waals surface area contributed by atoms with Gasteiger partial charge in [0, 0.05) is 42.8 Å². The maximum absolute atomic E-state index is 13.9. The van der Waals surface area contributed by atoms with Gasteiger partial charge in [-0.2, -0.15) is 4.68 Å². The van der Waals surface area contributed by atoms with Gasteiger partial charge in [0.05, 0.1) is 19.9 Å². The Morgan fingerprint density at radius 2 is 1.91 bits per heavy atom. The number of fused-ring (bicyclic) bond motifs is 3. The molecule has 180 valence electrons. The molecule has 1 aromatic carbocycles. The van der Waals surface area contributed by atoms with Gasteiger partial charge in [0.15, 0.2) is 17.3 Å². The zero-order valence-corrected chi connectivity index (χ0v) is 19.9. The van der Waals surface area contributed by atoms with Gasteiger partial charge in [0.1, 0.15) is 12.6 Å². The molecule has 0 aliphatic heterocycles. The summed E-state index contributed by atoms with van der Waals surface area (Å²) in [5, 5.41) is 7.74. The molecule has 34 heavy (non-hydrogen) atoms. The summed E-state index contributed by atoms with van der Waals surface area (Å²) in [7, 11) is 3.12. The molecule has 0 saturated heterocycles. The second-order valence-electron chi connectivity index (χ2n) is 8.19. The monoisotopic (exact) mass is 468 g/mol. The lowest BCUT2D eigenvalue weighted by atomic mass is 10.1. The standard InChI is InChI=1S/C25H29FN4O4/c1-5-29(6-2)22(31)14-23(32)30-24-18-13-21(34-4)20(33-3)11-15(18)10-19(24)25(28-30)27-17-9-7-8-16(26)12-17/h7-9,11,13,16H,5-6,10,12,14H2,1-4H3,(H,27,28). The quantitative estimate of drug-likeness (QED) is 0.504. The average Bonchev–Trinajstić information content (AvgIpc) is 3.36. The minimum absolute atomic E-state index is 0.196. The van der Waals surface area contributed by atoms with Gasteiger partial charge >= 0.3 is 0 Å². The molecule has 2 aliphatic rings. The van der Waals surface area contributed by atoms with E-state index in [1.165, 1.54) is 10.8 Å². The number of carbonyl (C=O) groups excluding carboxylic acids is 2. The Labute approximate surface area is 198 Å². The molecular weight excluding hydrogens is 439 g/mol. The van der Waals surface area contributed by atoms with Crippen LogP contribution in [0.5, 0.6) is 11.5 Å². The van der Waals surface area contributed by atoms with Gasteiger partial charge in [-0.15, -0.1) is 5.10 Å². The first-order chi connectivity index (χ1) is 16.4. The number of rotatable bonds is 8. The van der Waals surface area contributed by atoms with Gasteiger partial charge in [0.25, 0.3) is 5.91 Å². The van der Waals surface area contributed by atoms with Crippen LogP contribution in [0.3, 0.4) is 0 Å². The van der Waals surface area contributed by atoms with Crippen LogP contribution in [0.15, 0.2) is 36.1 Å². The predicted molar refractivity (Wildman–Crippen MR) is 127 cm³/mol. The van der Waals surface area contributed by atoms with Crippen LogP contribution < -0.4 is 14.8 Å². The first-order valence-electron chi connectivity index (χ1n) is 11.4. The molecule has 1 amide bonds. The highest BCUT2D eigenvalue weighted by molar-refractivity contribution is 6.00. The summed E-state index contributed by atoms with van der Waals surface area (Å²) in [6.07, 6.45) is 4.27. The summed E-state index contributed by atoms with van der Waals surface area (Å²) in [6.45, 7) is 4.80. The molecule has 1 heterocycles.